The van der Waals surface area contributed by atoms with Crippen molar-refractivity contribution in [3.8, 4) is 11.4 Å². The molecular weight excluding hydrogens is 390 g/mol. The molecule has 0 saturated heterocycles. The Balaban J connectivity index is 1.75. The number of hydrogen-bond donors (Lipinski definition) is 2. The lowest BCUT2D eigenvalue weighted by Crippen LogP contribution is -2.26. The fourth-order valence-corrected chi connectivity index (χ4v) is 4.75. The van der Waals surface area contributed by atoms with Crippen LogP contribution in [0.4, 0.5) is 0 Å². The normalized spacial score (nSPS) is 19.6. The van der Waals surface area contributed by atoms with Gasteiger partial charge in [-0.05, 0) is 55.6 Å². The van der Waals surface area contributed by atoms with E-state index in [1.54, 1.807) is 28.8 Å². The maximum Gasteiger partial charge on any atom is 0.277 e. The number of carbonyl (C=O) groups excluding carboxylic acids is 1. The minimum Gasteiger partial charge on any atom is -0.366 e. The van der Waals surface area contributed by atoms with Crippen molar-refractivity contribution in [2.45, 2.75) is 65.7 Å². The number of fused-ring (bicyclic) bond motifs is 1. The molecule has 7 heteroatoms. The van der Waals surface area contributed by atoms with Gasteiger partial charge in [0.1, 0.15) is 5.82 Å². The molecule has 3 aromatic rings. The number of amides is 1. The van der Waals surface area contributed by atoms with Crippen molar-refractivity contribution < 1.29 is 4.79 Å². The third kappa shape index (κ3) is 4.01. The quantitative estimate of drug-likeness (QED) is 0.662. The Labute approximate surface area is 182 Å². The number of nitrogens with two attached hydrogens (primary N) is 1. The summed E-state index contributed by atoms with van der Waals surface area (Å²) in [6.45, 7) is 8.96. The number of aromatic nitrogens is 4. The van der Waals surface area contributed by atoms with Gasteiger partial charge in [0.15, 0.2) is 11.3 Å². The molecule has 0 bridgehead atoms. The highest BCUT2D eigenvalue weighted by atomic mass is 16.1. The van der Waals surface area contributed by atoms with Crippen LogP contribution in [-0.4, -0.2) is 25.5 Å². The Hall–Kier alpha value is -2.96. The van der Waals surface area contributed by atoms with Crippen LogP contribution in [0, 0.1) is 11.3 Å². The second-order valence-corrected chi connectivity index (χ2v) is 9.69. The molecule has 1 aromatic carbocycles. The second-order valence-electron chi connectivity index (χ2n) is 9.69. The van der Waals surface area contributed by atoms with Crippen molar-refractivity contribution >= 4 is 11.4 Å². The number of primary amides is 1. The number of nitrogens with one attached hydrogen (secondary N) is 1. The van der Waals surface area contributed by atoms with Crippen molar-refractivity contribution in [2.75, 3.05) is 0 Å². The molecule has 0 radical (unpaired) electrons. The highest BCUT2D eigenvalue weighted by Crippen LogP contribution is 2.43. The maximum absolute atomic E-state index is 13.0. The molecule has 1 aliphatic rings. The number of carbonyl (C=O) groups is 1. The number of imidazole rings is 1. The number of H-pyrrole nitrogens is 1. The first-order valence-electron chi connectivity index (χ1n) is 11.1. The van der Waals surface area contributed by atoms with Crippen LogP contribution in [0.2, 0.25) is 0 Å². The first-order chi connectivity index (χ1) is 14.7. The number of benzene rings is 1. The molecule has 4 rings (SSSR count). The topological polar surface area (TPSA) is 106 Å². The average molecular weight is 422 g/mol. The van der Waals surface area contributed by atoms with E-state index in [4.69, 9.17) is 15.8 Å². The SMILES string of the molecule is CCc1nc([C@H]2CC[C@@H](C(C)(C)C)CC2)n2nc(-c3ccc(C(N)=O)cc3)[nH]c(=O)c12. The molecule has 1 amide bonds. The van der Waals surface area contributed by atoms with Crippen molar-refractivity contribution in [3.63, 3.8) is 0 Å². The molecule has 0 unspecified atom stereocenters. The van der Waals surface area contributed by atoms with Gasteiger partial charge in [0.05, 0.1) is 5.69 Å². The first-order valence-corrected chi connectivity index (χ1v) is 11.1. The number of aromatic amines is 1. The van der Waals surface area contributed by atoms with Gasteiger partial charge < -0.3 is 10.7 Å². The number of nitrogens with zero attached hydrogens (tertiary/aromatic N) is 3. The lowest BCUT2D eigenvalue weighted by molar-refractivity contribution is 0.100. The standard InChI is InChI=1S/C24H31N5O2/c1-5-18-19-23(31)27-21(15-8-6-14(7-9-15)20(25)30)28-29(19)22(26-18)16-10-12-17(13-11-16)24(2,3)4/h6-9,16-17H,5,10-13H2,1-4H3,(H2,25,30)(H,27,28,31)/t16-,17+. The highest BCUT2D eigenvalue weighted by Gasteiger charge is 2.32. The summed E-state index contributed by atoms with van der Waals surface area (Å²) in [6.07, 6.45) is 5.12. The Kier molecular flexibility index (Phi) is 5.45. The highest BCUT2D eigenvalue weighted by molar-refractivity contribution is 5.93. The summed E-state index contributed by atoms with van der Waals surface area (Å²) in [6, 6.07) is 6.77. The zero-order chi connectivity index (χ0) is 22.3. The van der Waals surface area contributed by atoms with E-state index in [0.717, 1.165) is 42.8 Å². The van der Waals surface area contributed by atoms with Gasteiger partial charge in [-0.3, -0.25) is 9.59 Å². The van der Waals surface area contributed by atoms with E-state index in [0.29, 0.717) is 40.6 Å². The van der Waals surface area contributed by atoms with Crippen molar-refractivity contribution in [3.05, 3.63) is 51.7 Å². The van der Waals surface area contributed by atoms with E-state index in [2.05, 4.69) is 25.8 Å². The first kappa shape index (κ1) is 21.3. The van der Waals surface area contributed by atoms with Crippen LogP contribution in [0.5, 0.6) is 0 Å². The van der Waals surface area contributed by atoms with Crippen LogP contribution >= 0.6 is 0 Å². The predicted octanol–water partition coefficient (Wildman–Crippen LogP) is 4.07. The van der Waals surface area contributed by atoms with Gasteiger partial charge in [-0.25, -0.2) is 9.50 Å². The zero-order valence-corrected chi connectivity index (χ0v) is 18.7. The molecule has 0 spiro atoms. The summed E-state index contributed by atoms with van der Waals surface area (Å²) in [5, 5.41) is 4.77. The zero-order valence-electron chi connectivity index (χ0n) is 18.7. The summed E-state index contributed by atoms with van der Waals surface area (Å²) in [5.41, 5.74) is 7.92. The van der Waals surface area contributed by atoms with E-state index in [9.17, 15) is 9.59 Å². The fraction of sp³-hybridized carbons (Fsp3) is 0.500. The van der Waals surface area contributed by atoms with Gasteiger partial charge in [0, 0.05) is 17.0 Å². The Morgan fingerprint density at radius 1 is 1.16 bits per heavy atom. The van der Waals surface area contributed by atoms with E-state index in [1.807, 2.05) is 6.92 Å². The molecule has 164 valence electrons. The summed E-state index contributed by atoms with van der Waals surface area (Å²) < 4.78 is 1.76. The van der Waals surface area contributed by atoms with E-state index < -0.39 is 5.91 Å². The fourth-order valence-electron chi connectivity index (χ4n) is 4.75. The van der Waals surface area contributed by atoms with E-state index in [-0.39, 0.29) is 5.56 Å². The smallest absolute Gasteiger partial charge is 0.277 e. The Bertz CT molecular complexity index is 1160. The molecule has 7 nitrogen and oxygen atoms in total. The largest absolute Gasteiger partial charge is 0.366 e. The molecule has 1 aliphatic carbocycles. The van der Waals surface area contributed by atoms with Crippen molar-refractivity contribution in [1.29, 1.82) is 0 Å². The molecule has 1 fully saturated rings. The van der Waals surface area contributed by atoms with Crippen LogP contribution < -0.4 is 11.3 Å². The summed E-state index contributed by atoms with van der Waals surface area (Å²) in [5.74, 6) is 1.86. The molecular formula is C24H31N5O2. The minimum atomic E-state index is -0.487. The summed E-state index contributed by atoms with van der Waals surface area (Å²) >= 11 is 0. The average Bonchev–Trinajstić information content (AvgIpc) is 3.12. The monoisotopic (exact) mass is 421 g/mol. The predicted molar refractivity (Wildman–Crippen MR) is 121 cm³/mol. The number of rotatable bonds is 4. The Morgan fingerprint density at radius 2 is 1.81 bits per heavy atom. The van der Waals surface area contributed by atoms with Crippen LogP contribution in [-0.2, 0) is 6.42 Å². The van der Waals surface area contributed by atoms with Crippen LogP contribution in [0.25, 0.3) is 16.9 Å². The van der Waals surface area contributed by atoms with Crippen LogP contribution in [0.3, 0.4) is 0 Å². The molecule has 2 aromatic heterocycles. The van der Waals surface area contributed by atoms with Crippen LogP contribution in [0.1, 0.15) is 81.2 Å². The van der Waals surface area contributed by atoms with E-state index in [1.165, 1.54) is 0 Å². The van der Waals surface area contributed by atoms with Crippen LogP contribution in [0.15, 0.2) is 29.1 Å². The Morgan fingerprint density at radius 3 is 2.35 bits per heavy atom. The molecule has 2 heterocycles. The van der Waals surface area contributed by atoms with E-state index >= 15 is 0 Å². The molecule has 0 aliphatic heterocycles. The maximum atomic E-state index is 13.0. The van der Waals surface area contributed by atoms with Gasteiger partial charge >= 0.3 is 0 Å². The third-order valence-corrected chi connectivity index (χ3v) is 6.69. The molecule has 3 N–H and O–H groups in total. The molecule has 31 heavy (non-hydrogen) atoms. The minimum absolute atomic E-state index is 0.192. The summed E-state index contributed by atoms with van der Waals surface area (Å²) in [4.78, 5) is 32.1. The number of hydrogen-bond acceptors (Lipinski definition) is 4. The van der Waals surface area contributed by atoms with Crippen molar-refractivity contribution in [2.24, 2.45) is 17.1 Å². The van der Waals surface area contributed by atoms with Gasteiger partial charge in [-0.15, -0.1) is 5.10 Å². The summed E-state index contributed by atoms with van der Waals surface area (Å²) in [7, 11) is 0. The van der Waals surface area contributed by atoms with Gasteiger partial charge in [-0.1, -0.05) is 39.8 Å². The van der Waals surface area contributed by atoms with Gasteiger partial charge in [-0.2, -0.15) is 0 Å². The third-order valence-electron chi connectivity index (χ3n) is 6.69. The second kappa shape index (κ2) is 7.94. The molecule has 0 atom stereocenters. The lowest BCUT2D eigenvalue weighted by Gasteiger charge is -2.36. The van der Waals surface area contributed by atoms with Crippen molar-refractivity contribution in [1.82, 2.24) is 19.6 Å². The number of aryl methyl sites for hydroxylation is 1. The molecule has 1 saturated carbocycles. The van der Waals surface area contributed by atoms with Gasteiger partial charge in [0.2, 0.25) is 5.91 Å². The lowest BCUT2D eigenvalue weighted by atomic mass is 9.70. The van der Waals surface area contributed by atoms with Gasteiger partial charge in [0.25, 0.3) is 5.56 Å².